The van der Waals surface area contributed by atoms with Crippen LogP contribution in [0.4, 0.5) is 11.4 Å². The number of amides is 1. The van der Waals surface area contributed by atoms with Crippen LogP contribution in [-0.2, 0) is 16.1 Å². The summed E-state index contributed by atoms with van der Waals surface area (Å²) in [5.41, 5.74) is 2.49. The molecule has 0 aliphatic carbocycles. The SMILES string of the molecule is O=C(CCCn1nnc(-c2ccccc2)n1)Nc1cccc(Cl)c1N1CCOCC1. The zero-order valence-corrected chi connectivity index (χ0v) is 17.3. The number of halogens is 1. The number of ether oxygens (including phenoxy) is 1. The lowest BCUT2D eigenvalue weighted by molar-refractivity contribution is -0.116. The molecule has 1 fully saturated rings. The van der Waals surface area contributed by atoms with Crippen molar-refractivity contribution in [2.75, 3.05) is 36.5 Å². The Kier molecular flexibility index (Phi) is 6.56. The number of anilines is 2. The molecule has 9 heteroatoms. The van der Waals surface area contributed by atoms with E-state index in [1.54, 1.807) is 0 Å². The van der Waals surface area contributed by atoms with Gasteiger partial charge in [-0.2, -0.15) is 4.80 Å². The van der Waals surface area contributed by atoms with Gasteiger partial charge in [0.1, 0.15) is 0 Å². The molecule has 156 valence electrons. The second kappa shape index (κ2) is 9.69. The summed E-state index contributed by atoms with van der Waals surface area (Å²) >= 11 is 6.42. The minimum absolute atomic E-state index is 0.0739. The Labute approximate surface area is 179 Å². The number of hydrogen-bond acceptors (Lipinski definition) is 6. The molecule has 0 saturated carbocycles. The zero-order chi connectivity index (χ0) is 20.8. The van der Waals surface area contributed by atoms with Crippen LogP contribution in [0.5, 0.6) is 0 Å². The summed E-state index contributed by atoms with van der Waals surface area (Å²) < 4.78 is 5.42. The van der Waals surface area contributed by atoms with E-state index in [4.69, 9.17) is 16.3 Å². The van der Waals surface area contributed by atoms with E-state index in [2.05, 4.69) is 25.6 Å². The smallest absolute Gasteiger partial charge is 0.224 e. The topological polar surface area (TPSA) is 85.2 Å². The van der Waals surface area contributed by atoms with Gasteiger partial charge < -0.3 is 15.0 Å². The number of nitrogens with one attached hydrogen (secondary N) is 1. The minimum atomic E-state index is -0.0739. The third-order valence-electron chi connectivity index (χ3n) is 4.83. The molecule has 0 unspecified atom stereocenters. The average molecular weight is 427 g/mol. The van der Waals surface area contributed by atoms with E-state index in [0.717, 1.165) is 30.0 Å². The molecule has 1 N–H and O–H groups in total. The largest absolute Gasteiger partial charge is 0.378 e. The number of tetrazole rings is 1. The fraction of sp³-hybridized carbons (Fsp3) is 0.333. The molecular weight excluding hydrogens is 404 g/mol. The first-order valence-corrected chi connectivity index (χ1v) is 10.3. The van der Waals surface area contributed by atoms with Gasteiger partial charge in [-0.1, -0.05) is 48.0 Å². The molecule has 8 nitrogen and oxygen atoms in total. The number of morpholine rings is 1. The summed E-state index contributed by atoms with van der Waals surface area (Å²) in [5.74, 6) is 0.504. The second-order valence-corrected chi connectivity index (χ2v) is 7.37. The van der Waals surface area contributed by atoms with E-state index in [-0.39, 0.29) is 5.91 Å². The molecule has 4 rings (SSSR count). The number of nitrogens with zero attached hydrogens (tertiary/aromatic N) is 5. The van der Waals surface area contributed by atoms with Crippen molar-refractivity contribution in [3.63, 3.8) is 0 Å². The van der Waals surface area contributed by atoms with Crippen LogP contribution in [0.3, 0.4) is 0 Å². The molecule has 1 aliphatic rings. The number of carbonyl (C=O) groups excluding carboxylic acids is 1. The van der Waals surface area contributed by atoms with Crippen molar-refractivity contribution < 1.29 is 9.53 Å². The normalized spacial score (nSPS) is 14.0. The van der Waals surface area contributed by atoms with Crippen molar-refractivity contribution in [3.05, 3.63) is 53.6 Å². The summed E-state index contributed by atoms with van der Waals surface area (Å²) in [6.45, 7) is 3.30. The highest BCUT2D eigenvalue weighted by Gasteiger charge is 2.19. The van der Waals surface area contributed by atoms with Crippen molar-refractivity contribution in [2.45, 2.75) is 19.4 Å². The molecule has 1 saturated heterocycles. The van der Waals surface area contributed by atoms with Crippen LogP contribution < -0.4 is 10.2 Å². The second-order valence-electron chi connectivity index (χ2n) is 6.96. The lowest BCUT2D eigenvalue weighted by atomic mass is 10.2. The molecule has 1 aromatic heterocycles. The van der Waals surface area contributed by atoms with Crippen LogP contribution in [0, 0.1) is 0 Å². The van der Waals surface area contributed by atoms with Gasteiger partial charge in [0, 0.05) is 25.1 Å². The van der Waals surface area contributed by atoms with Gasteiger partial charge in [-0.25, -0.2) is 0 Å². The lowest BCUT2D eigenvalue weighted by Crippen LogP contribution is -2.37. The van der Waals surface area contributed by atoms with Crippen molar-refractivity contribution in [3.8, 4) is 11.4 Å². The number of aromatic nitrogens is 4. The van der Waals surface area contributed by atoms with E-state index in [1.165, 1.54) is 4.80 Å². The van der Waals surface area contributed by atoms with Gasteiger partial charge in [-0.3, -0.25) is 4.79 Å². The number of rotatable bonds is 7. The van der Waals surface area contributed by atoms with Crippen LogP contribution in [0.15, 0.2) is 48.5 Å². The standard InChI is InChI=1S/C21H23ClN6O2/c22-17-8-4-9-18(20(17)27-12-14-30-15-13-27)23-19(29)10-5-11-28-25-21(24-26-28)16-6-2-1-3-7-16/h1-4,6-9H,5,10-15H2,(H,23,29). The van der Waals surface area contributed by atoms with Crippen LogP contribution >= 0.6 is 11.6 Å². The Morgan fingerprint density at radius 2 is 1.90 bits per heavy atom. The Balaban J connectivity index is 1.33. The molecule has 0 spiro atoms. The van der Waals surface area contributed by atoms with Crippen LogP contribution in [-0.4, -0.2) is 52.4 Å². The fourth-order valence-corrected chi connectivity index (χ4v) is 3.65. The number of benzene rings is 2. The maximum Gasteiger partial charge on any atom is 0.224 e. The predicted molar refractivity (Wildman–Crippen MR) is 116 cm³/mol. The van der Waals surface area contributed by atoms with Crippen LogP contribution in [0.1, 0.15) is 12.8 Å². The fourth-order valence-electron chi connectivity index (χ4n) is 3.36. The summed E-state index contributed by atoms with van der Waals surface area (Å²) in [7, 11) is 0. The molecule has 2 heterocycles. The molecule has 0 radical (unpaired) electrons. The Bertz CT molecular complexity index is 988. The lowest BCUT2D eigenvalue weighted by Gasteiger charge is -2.31. The third kappa shape index (κ3) is 4.95. The van der Waals surface area contributed by atoms with E-state index in [0.29, 0.717) is 43.4 Å². The number of hydrogen-bond donors (Lipinski definition) is 1. The number of carbonyl (C=O) groups is 1. The molecule has 1 amide bonds. The van der Waals surface area contributed by atoms with Crippen molar-refractivity contribution >= 4 is 28.9 Å². The van der Waals surface area contributed by atoms with Crippen LogP contribution in [0.2, 0.25) is 5.02 Å². The molecule has 0 bridgehead atoms. The van der Waals surface area contributed by atoms with E-state index >= 15 is 0 Å². The quantitative estimate of drug-likeness (QED) is 0.624. The predicted octanol–water partition coefficient (Wildman–Crippen LogP) is 3.25. The Hall–Kier alpha value is -2.97. The molecule has 1 aliphatic heterocycles. The minimum Gasteiger partial charge on any atom is -0.378 e. The molecular formula is C21H23ClN6O2. The van der Waals surface area contributed by atoms with Crippen molar-refractivity contribution in [1.29, 1.82) is 0 Å². The van der Waals surface area contributed by atoms with Crippen molar-refractivity contribution in [2.24, 2.45) is 0 Å². The molecule has 30 heavy (non-hydrogen) atoms. The van der Waals surface area contributed by atoms with Gasteiger partial charge >= 0.3 is 0 Å². The zero-order valence-electron chi connectivity index (χ0n) is 16.5. The Morgan fingerprint density at radius 1 is 1.10 bits per heavy atom. The van der Waals surface area contributed by atoms with Crippen LogP contribution in [0.25, 0.3) is 11.4 Å². The van der Waals surface area contributed by atoms with Gasteiger partial charge in [-0.05, 0) is 23.8 Å². The highest BCUT2D eigenvalue weighted by atomic mass is 35.5. The number of aryl methyl sites for hydroxylation is 1. The third-order valence-corrected chi connectivity index (χ3v) is 5.14. The van der Waals surface area contributed by atoms with Gasteiger partial charge in [0.2, 0.25) is 11.7 Å². The molecule has 3 aromatic rings. The highest BCUT2D eigenvalue weighted by molar-refractivity contribution is 6.34. The summed E-state index contributed by atoms with van der Waals surface area (Å²) in [4.78, 5) is 16.2. The molecule has 0 atom stereocenters. The maximum absolute atomic E-state index is 12.5. The van der Waals surface area contributed by atoms with E-state index in [1.807, 2.05) is 48.5 Å². The monoisotopic (exact) mass is 426 g/mol. The maximum atomic E-state index is 12.5. The van der Waals surface area contributed by atoms with Gasteiger partial charge in [-0.15, -0.1) is 10.2 Å². The summed E-state index contributed by atoms with van der Waals surface area (Å²) in [6, 6.07) is 15.2. The first-order valence-electron chi connectivity index (χ1n) is 9.95. The first kappa shape index (κ1) is 20.3. The summed E-state index contributed by atoms with van der Waals surface area (Å²) in [5, 5.41) is 16.1. The van der Waals surface area contributed by atoms with Gasteiger partial charge in [0.05, 0.1) is 36.2 Å². The first-order chi connectivity index (χ1) is 14.7. The van der Waals surface area contributed by atoms with Gasteiger partial charge in [0.15, 0.2) is 0 Å². The van der Waals surface area contributed by atoms with Gasteiger partial charge in [0.25, 0.3) is 0 Å². The van der Waals surface area contributed by atoms with E-state index < -0.39 is 0 Å². The summed E-state index contributed by atoms with van der Waals surface area (Å²) in [6.07, 6.45) is 0.946. The highest BCUT2D eigenvalue weighted by Crippen LogP contribution is 2.34. The average Bonchev–Trinajstić information content (AvgIpc) is 3.24. The number of para-hydroxylation sites is 1. The van der Waals surface area contributed by atoms with Crippen molar-refractivity contribution in [1.82, 2.24) is 20.2 Å². The molecule has 2 aromatic carbocycles. The Morgan fingerprint density at radius 3 is 2.70 bits per heavy atom. The van der Waals surface area contributed by atoms with E-state index in [9.17, 15) is 4.79 Å².